The second-order valence-electron chi connectivity index (χ2n) is 6.92. The molecule has 3 N–H and O–H groups in total. The van der Waals surface area contributed by atoms with Crippen LogP contribution in [-0.2, 0) is 14.8 Å². The van der Waals surface area contributed by atoms with Crippen LogP contribution >= 0.6 is 23.8 Å². The molecule has 2 aromatic rings. The van der Waals surface area contributed by atoms with Crippen molar-refractivity contribution in [3.8, 4) is 5.75 Å². The van der Waals surface area contributed by atoms with Crippen LogP contribution in [0.5, 0.6) is 5.75 Å². The first-order chi connectivity index (χ1) is 15.7. The predicted octanol–water partition coefficient (Wildman–Crippen LogP) is 2.00. The fourth-order valence-corrected chi connectivity index (χ4v) is 4.58. The van der Waals surface area contributed by atoms with Crippen molar-refractivity contribution in [3.05, 3.63) is 53.3 Å². The van der Waals surface area contributed by atoms with Crippen molar-refractivity contribution in [3.63, 3.8) is 0 Å². The lowest BCUT2D eigenvalue weighted by molar-refractivity contribution is -0.133. The normalized spacial score (nSPS) is 14.4. The van der Waals surface area contributed by atoms with Crippen LogP contribution in [-0.4, -0.2) is 63.5 Å². The summed E-state index contributed by atoms with van der Waals surface area (Å²) in [6.45, 7) is 1.89. The van der Waals surface area contributed by atoms with Crippen LogP contribution in [0, 0.1) is 5.82 Å². The Morgan fingerprint density at radius 3 is 2.52 bits per heavy atom. The first-order valence-electron chi connectivity index (χ1n) is 9.71. The molecule has 1 aliphatic rings. The van der Waals surface area contributed by atoms with Gasteiger partial charge in [0.05, 0.1) is 16.3 Å². The number of nitrogens with zero attached hydrogens (tertiary/aromatic N) is 3. The summed E-state index contributed by atoms with van der Waals surface area (Å²) in [5.74, 6) is -0.440. The Morgan fingerprint density at radius 1 is 1.24 bits per heavy atom. The third-order valence-corrected chi connectivity index (χ3v) is 6.79. The number of ether oxygens (including phenoxy) is 1. The number of nitrogens with one attached hydrogen (secondary N) is 1. The average molecular weight is 516 g/mol. The standard InChI is InChI=1S/C20H21ClFN5O4S2.H2/c21-17-11-15(3-6-18(17)22)31-12-19(28)27-9-7-26(8-10-27)14-1-4-16(5-2-14)33(29,30)25-20(32)24-13-23;/h1-6,11,13H,7-10,12H2,(H3,23,24,25,32);1H. The Hall–Kier alpha value is -2.96. The summed E-state index contributed by atoms with van der Waals surface area (Å²) in [5.41, 5.74) is 5.92. The molecule has 33 heavy (non-hydrogen) atoms. The summed E-state index contributed by atoms with van der Waals surface area (Å²) < 4.78 is 45.4. The van der Waals surface area contributed by atoms with E-state index in [-0.39, 0.29) is 29.0 Å². The minimum Gasteiger partial charge on any atom is -0.484 e. The van der Waals surface area contributed by atoms with E-state index in [0.717, 1.165) is 12.0 Å². The molecule has 1 heterocycles. The Balaban J connectivity index is 0.00000408. The fraction of sp³-hybridized carbons (Fsp3) is 0.250. The predicted molar refractivity (Wildman–Crippen MR) is 130 cm³/mol. The molecule has 1 amide bonds. The summed E-state index contributed by atoms with van der Waals surface area (Å²) in [6, 6.07) is 10.2. The van der Waals surface area contributed by atoms with Crippen molar-refractivity contribution in [2.75, 3.05) is 37.7 Å². The summed E-state index contributed by atoms with van der Waals surface area (Å²) in [7, 11) is -3.86. The Labute approximate surface area is 202 Å². The maximum Gasteiger partial charge on any atom is 0.263 e. The first-order valence-corrected chi connectivity index (χ1v) is 12.0. The van der Waals surface area contributed by atoms with Crippen molar-refractivity contribution in [1.82, 2.24) is 9.62 Å². The van der Waals surface area contributed by atoms with Crippen molar-refractivity contribution in [2.45, 2.75) is 4.90 Å². The van der Waals surface area contributed by atoms with Gasteiger partial charge in [-0.05, 0) is 48.6 Å². The lowest BCUT2D eigenvalue weighted by atomic mass is 10.2. The third kappa shape index (κ3) is 6.53. The number of halogens is 2. The quantitative estimate of drug-likeness (QED) is 0.343. The molecule has 1 saturated heterocycles. The lowest BCUT2D eigenvalue weighted by Crippen LogP contribution is -2.50. The van der Waals surface area contributed by atoms with Gasteiger partial charge < -0.3 is 20.3 Å². The maximum absolute atomic E-state index is 13.2. The SMILES string of the molecule is NC=NC(=S)NS(=O)(=O)c1ccc(N2CCN(C(=O)COc3ccc(F)c(Cl)c3)CC2)cc1.[HH]. The van der Waals surface area contributed by atoms with Crippen molar-refractivity contribution >= 4 is 56.9 Å². The van der Waals surface area contributed by atoms with Crippen LogP contribution < -0.4 is 20.1 Å². The van der Waals surface area contributed by atoms with E-state index in [1.165, 1.54) is 30.3 Å². The molecule has 1 aliphatic heterocycles. The van der Waals surface area contributed by atoms with Gasteiger partial charge in [0.2, 0.25) is 5.11 Å². The van der Waals surface area contributed by atoms with E-state index in [4.69, 9.17) is 34.3 Å². The number of amides is 1. The second kappa shape index (κ2) is 10.8. The molecule has 13 heteroatoms. The zero-order chi connectivity index (χ0) is 24.0. The number of nitrogens with two attached hydrogens (primary N) is 1. The van der Waals surface area contributed by atoms with E-state index in [1.54, 1.807) is 17.0 Å². The van der Waals surface area contributed by atoms with Gasteiger partial charge in [0.15, 0.2) is 6.61 Å². The smallest absolute Gasteiger partial charge is 0.263 e. The highest BCUT2D eigenvalue weighted by atomic mass is 35.5. The summed E-state index contributed by atoms with van der Waals surface area (Å²) in [6.07, 6.45) is 0.906. The largest absolute Gasteiger partial charge is 0.484 e. The van der Waals surface area contributed by atoms with Crippen LogP contribution in [0.15, 0.2) is 52.4 Å². The van der Waals surface area contributed by atoms with Gasteiger partial charge in [0.25, 0.3) is 15.9 Å². The molecule has 0 unspecified atom stereocenters. The molecular formula is C20H23ClFN5O4S2. The zero-order valence-corrected chi connectivity index (χ0v) is 19.7. The number of anilines is 1. The third-order valence-electron chi connectivity index (χ3n) is 4.81. The van der Waals surface area contributed by atoms with E-state index in [1.807, 2.05) is 4.90 Å². The molecule has 9 nitrogen and oxygen atoms in total. The van der Waals surface area contributed by atoms with Gasteiger partial charge in [-0.15, -0.1) is 0 Å². The van der Waals surface area contributed by atoms with Crippen LogP contribution in [0.1, 0.15) is 1.43 Å². The molecule has 0 aliphatic carbocycles. The van der Waals surface area contributed by atoms with E-state index < -0.39 is 15.8 Å². The molecule has 0 atom stereocenters. The van der Waals surface area contributed by atoms with Crippen molar-refractivity contribution in [1.29, 1.82) is 0 Å². The molecule has 2 aromatic carbocycles. The summed E-state index contributed by atoms with van der Waals surface area (Å²) >= 11 is 10.5. The number of hydrogen-bond acceptors (Lipinski definition) is 6. The molecule has 178 valence electrons. The first kappa shape index (κ1) is 24.7. The molecule has 0 saturated carbocycles. The highest BCUT2D eigenvalue weighted by Gasteiger charge is 2.22. The summed E-state index contributed by atoms with van der Waals surface area (Å²) in [5, 5.41) is -0.330. The molecule has 1 fully saturated rings. The number of thiocarbonyl (C=S) groups is 1. The van der Waals surface area contributed by atoms with Gasteiger partial charge >= 0.3 is 0 Å². The van der Waals surface area contributed by atoms with E-state index in [0.29, 0.717) is 31.9 Å². The summed E-state index contributed by atoms with van der Waals surface area (Å²) in [4.78, 5) is 19.7. The molecule has 0 bridgehead atoms. The Kier molecular flexibility index (Phi) is 8.06. The molecule has 0 spiro atoms. The maximum atomic E-state index is 13.2. The highest BCUT2D eigenvalue weighted by molar-refractivity contribution is 7.91. The van der Waals surface area contributed by atoms with Gasteiger partial charge in [-0.1, -0.05) is 11.6 Å². The number of aliphatic imine (C=N–C) groups is 1. The van der Waals surface area contributed by atoms with Crippen molar-refractivity contribution in [2.24, 2.45) is 10.7 Å². The van der Waals surface area contributed by atoms with Gasteiger partial charge in [-0.2, -0.15) is 0 Å². The molecular weight excluding hydrogens is 493 g/mol. The molecule has 0 radical (unpaired) electrons. The van der Waals surface area contributed by atoms with E-state index in [9.17, 15) is 17.6 Å². The topological polar surface area (TPSA) is 117 Å². The average Bonchev–Trinajstić information content (AvgIpc) is 2.79. The van der Waals surface area contributed by atoms with Gasteiger partial charge in [-0.3, -0.25) is 9.52 Å². The number of piperazine rings is 1. The number of carbonyl (C=O) groups is 1. The number of benzene rings is 2. The second-order valence-corrected chi connectivity index (χ2v) is 9.39. The van der Waals surface area contributed by atoms with Gasteiger partial charge in [0.1, 0.15) is 11.6 Å². The van der Waals surface area contributed by atoms with Crippen LogP contribution in [0.25, 0.3) is 0 Å². The van der Waals surface area contributed by atoms with Crippen LogP contribution in [0.4, 0.5) is 10.1 Å². The number of hydrogen-bond donors (Lipinski definition) is 2. The minimum atomic E-state index is -3.86. The minimum absolute atomic E-state index is 0. The van der Waals surface area contributed by atoms with E-state index in [2.05, 4.69) is 9.71 Å². The Morgan fingerprint density at radius 2 is 1.91 bits per heavy atom. The molecule has 0 aromatic heterocycles. The van der Waals surface area contributed by atoms with Crippen LogP contribution in [0.3, 0.4) is 0 Å². The lowest BCUT2D eigenvalue weighted by Gasteiger charge is -2.36. The molecule has 3 rings (SSSR count). The Bertz CT molecular complexity index is 1160. The number of sulfonamides is 1. The fourth-order valence-electron chi connectivity index (χ4n) is 3.12. The van der Waals surface area contributed by atoms with Crippen molar-refractivity contribution < 1.29 is 23.8 Å². The number of rotatable bonds is 6. The zero-order valence-electron chi connectivity index (χ0n) is 17.3. The van der Waals surface area contributed by atoms with Gasteiger partial charge in [0, 0.05) is 39.4 Å². The number of carbonyl (C=O) groups excluding carboxylic acids is 1. The van der Waals surface area contributed by atoms with E-state index >= 15 is 0 Å². The highest BCUT2D eigenvalue weighted by Crippen LogP contribution is 2.22. The van der Waals surface area contributed by atoms with Gasteiger partial charge in [-0.25, -0.2) is 17.8 Å². The van der Waals surface area contributed by atoms with Crippen LogP contribution in [0.2, 0.25) is 5.02 Å². The monoisotopic (exact) mass is 515 g/mol.